The van der Waals surface area contributed by atoms with E-state index in [4.69, 9.17) is 11.6 Å². The molecule has 0 unspecified atom stereocenters. The SMILES string of the molecule is O=C(Oc1c(F)cccc1F)Sc1cccc(Cl)c1. The molecule has 0 atom stereocenters. The Kier molecular flexibility index (Phi) is 4.39. The van der Waals surface area contributed by atoms with Gasteiger partial charge in [0.1, 0.15) is 0 Å². The smallest absolute Gasteiger partial charge is 0.377 e. The molecule has 98 valence electrons. The van der Waals surface area contributed by atoms with Crippen LogP contribution in [0.1, 0.15) is 0 Å². The fourth-order valence-corrected chi connectivity index (χ4v) is 2.22. The number of hydrogen-bond acceptors (Lipinski definition) is 3. The molecule has 0 aliphatic rings. The molecule has 0 amide bonds. The minimum Gasteiger partial charge on any atom is -0.412 e. The maximum absolute atomic E-state index is 13.3. The molecule has 2 aromatic rings. The van der Waals surface area contributed by atoms with Crippen LogP contribution in [-0.4, -0.2) is 5.30 Å². The van der Waals surface area contributed by atoms with Crippen molar-refractivity contribution in [2.24, 2.45) is 0 Å². The molecule has 19 heavy (non-hydrogen) atoms. The maximum Gasteiger partial charge on any atom is 0.377 e. The first-order valence-corrected chi connectivity index (χ1v) is 6.35. The van der Waals surface area contributed by atoms with E-state index in [1.807, 2.05) is 0 Å². The Hall–Kier alpha value is -1.59. The lowest BCUT2D eigenvalue weighted by Crippen LogP contribution is -2.04. The van der Waals surface area contributed by atoms with Gasteiger partial charge in [-0.1, -0.05) is 23.7 Å². The molecule has 0 radical (unpaired) electrons. The molecule has 0 bridgehead atoms. The van der Waals surface area contributed by atoms with Crippen molar-refractivity contribution in [3.05, 3.63) is 59.1 Å². The van der Waals surface area contributed by atoms with Crippen molar-refractivity contribution >= 4 is 28.7 Å². The minimum atomic E-state index is -0.931. The van der Waals surface area contributed by atoms with Crippen molar-refractivity contribution < 1.29 is 18.3 Å². The summed E-state index contributed by atoms with van der Waals surface area (Å²) in [5.74, 6) is -2.57. The van der Waals surface area contributed by atoms with E-state index in [0.717, 1.165) is 12.1 Å². The number of rotatable bonds is 2. The summed E-state index contributed by atoms with van der Waals surface area (Å²) in [6.07, 6.45) is 0. The van der Waals surface area contributed by atoms with Crippen molar-refractivity contribution in [2.45, 2.75) is 4.90 Å². The molecular formula is C13H7ClF2O2S. The Balaban J connectivity index is 2.10. The van der Waals surface area contributed by atoms with Gasteiger partial charge in [-0.05, 0) is 42.1 Å². The average Bonchev–Trinajstić information content (AvgIpc) is 2.34. The molecule has 0 N–H and O–H groups in total. The van der Waals surface area contributed by atoms with E-state index in [-0.39, 0.29) is 0 Å². The van der Waals surface area contributed by atoms with Gasteiger partial charge in [-0.25, -0.2) is 13.6 Å². The standard InChI is InChI=1S/C13H7ClF2O2S/c14-8-3-1-4-9(7-8)19-13(17)18-12-10(15)5-2-6-11(12)16/h1-7H. The second-order valence-corrected chi connectivity index (χ2v) is 4.91. The number of carbonyl (C=O) groups is 1. The van der Waals surface area contributed by atoms with Crippen molar-refractivity contribution in [3.63, 3.8) is 0 Å². The van der Waals surface area contributed by atoms with Crippen LogP contribution in [0.4, 0.5) is 13.6 Å². The fourth-order valence-electron chi connectivity index (χ4n) is 1.31. The Morgan fingerprint density at radius 1 is 1.11 bits per heavy atom. The number of benzene rings is 2. The lowest BCUT2D eigenvalue weighted by molar-refractivity contribution is 0.222. The van der Waals surface area contributed by atoms with Gasteiger partial charge >= 0.3 is 5.30 Å². The van der Waals surface area contributed by atoms with E-state index in [1.54, 1.807) is 24.3 Å². The molecule has 0 aromatic heterocycles. The fraction of sp³-hybridized carbons (Fsp3) is 0. The number of para-hydroxylation sites is 1. The zero-order chi connectivity index (χ0) is 13.8. The predicted molar refractivity (Wildman–Crippen MR) is 69.7 cm³/mol. The summed E-state index contributed by atoms with van der Waals surface area (Å²) in [5, 5.41) is -0.388. The molecule has 6 heteroatoms. The van der Waals surface area contributed by atoms with Crippen molar-refractivity contribution in [2.75, 3.05) is 0 Å². The number of thioether (sulfide) groups is 1. The second-order valence-electron chi connectivity index (χ2n) is 3.46. The van der Waals surface area contributed by atoms with Gasteiger partial charge in [0.25, 0.3) is 0 Å². The summed E-state index contributed by atoms with van der Waals surface area (Å²) < 4.78 is 31.2. The van der Waals surface area contributed by atoms with E-state index in [1.165, 1.54) is 6.07 Å². The average molecular weight is 301 g/mol. The normalized spacial score (nSPS) is 10.3. The minimum absolute atomic E-state index is 0.454. The molecule has 2 aromatic carbocycles. The van der Waals surface area contributed by atoms with Crippen LogP contribution in [0.2, 0.25) is 5.02 Å². The first-order valence-electron chi connectivity index (χ1n) is 5.15. The van der Waals surface area contributed by atoms with Gasteiger partial charge in [-0.15, -0.1) is 0 Å². The zero-order valence-electron chi connectivity index (χ0n) is 9.40. The topological polar surface area (TPSA) is 26.3 Å². The highest BCUT2D eigenvalue weighted by Crippen LogP contribution is 2.27. The highest BCUT2D eigenvalue weighted by molar-refractivity contribution is 8.13. The molecule has 0 saturated carbocycles. The Morgan fingerprint density at radius 2 is 1.74 bits per heavy atom. The monoisotopic (exact) mass is 300 g/mol. The molecule has 2 rings (SSSR count). The maximum atomic E-state index is 13.3. The summed E-state index contributed by atoms with van der Waals surface area (Å²) in [5.41, 5.74) is 0. The first-order chi connectivity index (χ1) is 9.06. The van der Waals surface area contributed by atoms with Crippen LogP contribution in [0.15, 0.2) is 47.4 Å². The van der Waals surface area contributed by atoms with E-state index in [2.05, 4.69) is 4.74 Å². The Bertz CT molecular complexity index is 599. The van der Waals surface area contributed by atoms with Gasteiger partial charge in [-0.2, -0.15) is 0 Å². The number of halogens is 3. The van der Waals surface area contributed by atoms with Crippen LogP contribution in [0.25, 0.3) is 0 Å². The third-order valence-corrected chi connectivity index (χ3v) is 3.08. The van der Waals surface area contributed by atoms with Crippen molar-refractivity contribution in [3.8, 4) is 5.75 Å². The van der Waals surface area contributed by atoms with E-state index in [9.17, 15) is 13.6 Å². The van der Waals surface area contributed by atoms with Gasteiger partial charge < -0.3 is 4.74 Å². The highest BCUT2D eigenvalue weighted by Gasteiger charge is 2.15. The summed E-state index contributed by atoms with van der Waals surface area (Å²) >= 11 is 6.44. The van der Waals surface area contributed by atoms with Crippen LogP contribution < -0.4 is 4.74 Å². The number of carbonyl (C=O) groups excluding carboxylic acids is 1. The molecule has 0 aliphatic heterocycles. The zero-order valence-corrected chi connectivity index (χ0v) is 11.0. The van der Waals surface area contributed by atoms with Crippen LogP contribution in [0, 0.1) is 11.6 Å². The van der Waals surface area contributed by atoms with Gasteiger partial charge in [0, 0.05) is 9.92 Å². The number of ether oxygens (including phenoxy) is 1. The second kappa shape index (κ2) is 6.04. The summed E-state index contributed by atoms with van der Waals surface area (Å²) in [4.78, 5) is 12.1. The molecule has 0 heterocycles. The summed E-state index contributed by atoms with van der Waals surface area (Å²) in [6, 6.07) is 9.69. The van der Waals surface area contributed by atoms with Gasteiger partial charge in [-0.3, -0.25) is 0 Å². The Morgan fingerprint density at radius 3 is 2.37 bits per heavy atom. The molecule has 0 aliphatic carbocycles. The Labute approximate surface area is 117 Å². The van der Waals surface area contributed by atoms with E-state index in [0.29, 0.717) is 21.7 Å². The van der Waals surface area contributed by atoms with Crippen molar-refractivity contribution in [1.29, 1.82) is 0 Å². The third-order valence-electron chi connectivity index (χ3n) is 2.10. The highest BCUT2D eigenvalue weighted by atomic mass is 35.5. The lowest BCUT2D eigenvalue weighted by Gasteiger charge is -2.05. The molecule has 0 fully saturated rings. The van der Waals surface area contributed by atoms with Gasteiger partial charge in [0.05, 0.1) is 0 Å². The molecule has 0 saturated heterocycles. The third kappa shape index (κ3) is 3.68. The largest absolute Gasteiger partial charge is 0.412 e. The van der Waals surface area contributed by atoms with Gasteiger partial charge in [0.15, 0.2) is 11.6 Å². The molecular weight excluding hydrogens is 294 g/mol. The van der Waals surface area contributed by atoms with E-state index < -0.39 is 22.7 Å². The van der Waals surface area contributed by atoms with Crippen molar-refractivity contribution in [1.82, 2.24) is 0 Å². The molecule has 2 nitrogen and oxygen atoms in total. The van der Waals surface area contributed by atoms with Gasteiger partial charge in [0.2, 0.25) is 5.75 Å². The predicted octanol–water partition coefficient (Wildman–Crippen LogP) is 4.91. The number of hydrogen-bond donors (Lipinski definition) is 0. The molecule has 0 spiro atoms. The van der Waals surface area contributed by atoms with Crippen LogP contribution in [0.3, 0.4) is 0 Å². The summed E-state index contributed by atoms with van der Waals surface area (Å²) in [6.45, 7) is 0. The van der Waals surface area contributed by atoms with Crippen LogP contribution in [-0.2, 0) is 0 Å². The van der Waals surface area contributed by atoms with Crippen LogP contribution >= 0.6 is 23.4 Å². The van der Waals surface area contributed by atoms with E-state index >= 15 is 0 Å². The quantitative estimate of drug-likeness (QED) is 0.582. The van der Waals surface area contributed by atoms with Crippen LogP contribution in [0.5, 0.6) is 5.75 Å². The lowest BCUT2D eigenvalue weighted by atomic mass is 10.3. The first kappa shape index (κ1) is 13.8. The summed E-state index contributed by atoms with van der Waals surface area (Å²) in [7, 11) is 0.